The summed E-state index contributed by atoms with van der Waals surface area (Å²) in [6.07, 6.45) is 0. The van der Waals surface area contributed by atoms with Crippen molar-refractivity contribution in [2.24, 2.45) is 0 Å². The Morgan fingerprint density at radius 2 is 1.95 bits per heavy atom. The van der Waals surface area contributed by atoms with Crippen molar-refractivity contribution in [3.8, 4) is 5.69 Å². The molecule has 1 heterocycles. The van der Waals surface area contributed by atoms with Gasteiger partial charge in [0.2, 0.25) is 0 Å². The molecule has 3 rings (SSSR count). The number of fused-ring (bicyclic) bond motifs is 1. The summed E-state index contributed by atoms with van der Waals surface area (Å²) in [5.74, 6) is -0.321. The van der Waals surface area contributed by atoms with E-state index < -0.39 is 5.82 Å². The quantitative estimate of drug-likeness (QED) is 0.670. The molecule has 21 heavy (non-hydrogen) atoms. The van der Waals surface area contributed by atoms with Crippen LogP contribution in [0.2, 0.25) is 5.02 Å². The van der Waals surface area contributed by atoms with Gasteiger partial charge in [0.15, 0.2) is 0 Å². The van der Waals surface area contributed by atoms with Crippen LogP contribution in [0.15, 0.2) is 47.3 Å². The van der Waals surface area contributed by atoms with E-state index in [2.05, 4.69) is 4.98 Å². The van der Waals surface area contributed by atoms with Crippen molar-refractivity contribution in [2.45, 2.75) is 5.88 Å². The Bertz CT molecular complexity index is 892. The Hall–Kier alpha value is -1.91. The van der Waals surface area contributed by atoms with Crippen molar-refractivity contribution >= 4 is 34.1 Å². The molecule has 0 bridgehead atoms. The topological polar surface area (TPSA) is 34.9 Å². The minimum absolute atomic E-state index is 0.0218. The molecule has 0 aliphatic carbocycles. The monoisotopic (exact) mass is 322 g/mol. The smallest absolute Gasteiger partial charge is 0.266 e. The predicted molar refractivity (Wildman–Crippen MR) is 81.9 cm³/mol. The highest BCUT2D eigenvalue weighted by Crippen LogP contribution is 2.20. The molecule has 0 saturated heterocycles. The van der Waals surface area contributed by atoms with Crippen molar-refractivity contribution < 1.29 is 4.39 Å². The van der Waals surface area contributed by atoms with Gasteiger partial charge in [0.1, 0.15) is 11.6 Å². The summed E-state index contributed by atoms with van der Waals surface area (Å²) in [5, 5.41) is 0.720. The number of benzene rings is 2. The molecule has 0 unspecified atom stereocenters. The van der Waals surface area contributed by atoms with E-state index in [1.54, 1.807) is 24.3 Å². The molecule has 2 aromatic carbocycles. The second-order valence-electron chi connectivity index (χ2n) is 4.42. The number of para-hydroxylation sites is 1. The van der Waals surface area contributed by atoms with E-state index in [4.69, 9.17) is 23.2 Å². The predicted octanol–water partition coefficient (Wildman–Crippen LogP) is 3.92. The zero-order chi connectivity index (χ0) is 15.0. The number of aromatic nitrogens is 2. The zero-order valence-corrected chi connectivity index (χ0v) is 12.2. The standard InChI is InChI=1S/C15H9Cl2FN2O/c16-8-14-19-12-4-2-1-3-10(12)15(21)20(14)13-7-9(17)5-6-11(13)18/h1-7H,8H2. The van der Waals surface area contributed by atoms with E-state index in [9.17, 15) is 9.18 Å². The molecule has 0 N–H and O–H groups in total. The van der Waals surface area contributed by atoms with Gasteiger partial charge < -0.3 is 0 Å². The lowest BCUT2D eigenvalue weighted by atomic mass is 10.2. The van der Waals surface area contributed by atoms with Crippen LogP contribution in [0.4, 0.5) is 4.39 Å². The second kappa shape index (κ2) is 5.47. The Kier molecular flexibility index (Phi) is 3.66. The van der Waals surface area contributed by atoms with Gasteiger partial charge in [-0.05, 0) is 30.3 Å². The molecular formula is C15H9Cl2FN2O. The first-order chi connectivity index (χ1) is 10.1. The van der Waals surface area contributed by atoms with E-state index in [1.165, 1.54) is 18.2 Å². The molecule has 0 fully saturated rings. The fourth-order valence-electron chi connectivity index (χ4n) is 2.17. The van der Waals surface area contributed by atoms with Gasteiger partial charge in [-0.3, -0.25) is 9.36 Å². The average Bonchev–Trinajstić information content (AvgIpc) is 2.50. The Morgan fingerprint density at radius 1 is 1.19 bits per heavy atom. The minimum Gasteiger partial charge on any atom is -0.268 e. The lowest BCUT2D eigenvalue weighted by molar-refractivity contribution is 0.613. The molecule has 1 aromatic heterocycles. The third kappa shape index (κ3) is 2.41. The van der Waals surface area contributed by atoms with Gasteiger partial charge in [0.25, 0.3) is 5.56 Å². The summed E-state index contributed by atoms with van der Waals surface area (Å²) in [7, 11) is 0. The SMILES string of the molecule is O=c1c2ccccc2nc(CCl)n1-c1cc(Cl)ccc1F. The van der Waals surface area contributed by atoms with Crippen LogP contribution in [0.1, 0.15) is 5.82 Å². The molecule has 0 aliphatic heterocycles. The third-order valence-electron chi connectivity index (χ3n) is 3.11. The molecular weight excluding hydrogens is 314 g/mol. The summed E-state index contributed by atoms with van der Waals surface area (Å²) in [5.41, 5.74) is 0.190. The van der Waals surface area contributed by atoms with Crippen LogP contribution in [0.3, 0.4) is 0 Å². The van der Waals surface area contributed by atoms with Crippen molar-refractivity contribution in [3.05, 3.63) is 69.5 Å². The van der Waals surface area contributed by atoms with Crippen LogP contribution >= 0.6 is 23.2 Å². The van der Waals surface area contributed by atoms with Crippen LogP contribution in [0, 0.1) is 5.82 Å². The first-order valence-corrected chi connectivity index (χ1v) is 7.05. The molecule has 0 amide bonds. The van der Waals surface area contributed by atoms with Gasteiger partial charge in [0, 0.05) is 5.02 Å². The minimum atomic E-state index is -0.565. The first-order valence-electron chi connectivity index (χ1n) is 6.14. The van der Waals surface area contributed by atoms with Gasteiger partial charge in [-0.2, -0.15) is 0 Å². The van der Waals surface area contributed by atoms with Crippen LogP contribution in [0.25, 0.3) is 16.6 Å². The molecule has 3 nitrogen and oxygen atoms in total. The normalized spacial score (nSPS) is 11.0. The molecule has 3 aromatic rings. The Morgan fingerprint density at radius 3 is 2.71 bits per heavy atom. The number of halogens is 3. The van der Waals surface area contributed by atoms with Gasteiger partial charge in [-0.15, -0.1) is 11.6 Å². The fraction of sp³-hybridized carbons (Fsp3) is 0.0667. The fourth-order valence-corrected chi connectivity index (χ4v) is 2.52. The number of alkyl halides is 1. The maximum absolute atomic E-state index is 14.1. The third-order valence-corrected chi connectivity index (χ3v) is 3.59. The summed E-state index contributed by atoms with van der Waals surface area (Å²) in [6, 6.07) is 10.9. The van der Waals surface area contributed by atoms with Gasteiger partial charge >= 0.3 is 0 Å². The first kappa shape index (κ1) is 14.0. The lowest BCUT2D eigenvalue weighted by Crippen LogP contribution is -2.24. The molecule has 0 radical (unpaired) electrons. The highest BCUT2D eigenvalue weighted by molar-refractivity contribution is 6.30. The van der Waals surface area contributed by atoms with Gasteiger partial charge in [-0.1, -0.05) is 23.7 Å². The molecule has 0 aliphatic rings. The lowest BCUT2D eigenvalue weighted by Gasteiger charge is -2.13. The van der Waals surface area contributed by atoms with Crippen LogP contribution in [-0.2, 0) is 5.88 Å². The summed E-state index contributed by atoms with van der Waals surface area (Å²) in [4.78, 5) is 16.9. The molecule has 106 valence electrons. The van der Waals surface area contributed by atoms with Gasteiger partial charge in [-0.25, -0.2) is 9.37 Å². The molecule has 6 heteroatoms. The van der Waals surface area contributed by atoms with E-state index in [0.29, 0.717) is 15.9 Å². The van der Waals surface area contributed by atoms with Crippen LogP contribution < -0.4 is 5.56 Å². The zero-order valence-electron chi connectivity index (χ0n) is 10.7. The molecule has 0 atom stereocenters. The highest BCUT2D eigenvalue weighted by Gasteiger charge is 2.15. The van der Waals surface area contributed by atoms with E-state index in [-0.39, 0.29) is 23.0 Å². The maximum atomic E-state index is 14.1. The second-order valence-corrected chi connectivity index (χ2v) is 5.12. The number of nitrogens with zero attached hydrogens (tertiary/aromatic N) is 2. The maximum Gasteiger partial charge on any atom is 0.266 e. The summed E-state index contributed by atoms with van der Waals surface area (Å²) in [6.45, 7) is 0. The number of hydrogen-bond donors (Lipinski definition) is 0. The summed E-state index contributed by atoms with van der Waals surface area (Å²) >= 11 is 11.8. The van der Waals surface area contributed by atoms with Crippen molar-refractivity contribution in [1.82, 2.24) is 9.55 Å². The Balaban J connectivity index is 2.44. The molecule has 0 spiro atoms. The van der Waals surface area contributed by atoms with E-state index in [1.807, 2.05) is 0 Å². The average molecular weight is 323 g/mol. The van der Waals surface area contributed by atoms with Gasteiger partial charge in [0.05, 0.1) is 22.5 Å². The van der Waals surface area contributed by atoms with Crippen molar-refractivity contribution in [2.75, 3.05) is 0 Å². The summed E-state index contributed by atoms with van der Waals surface area (Å²) < 4.78 is 15.2. The van der Waals surface area contributed by atoms with E-state index in [0.717, 1.165) is 4.57 Å². The van der Waals surface area contributed by atoms with E-state index >= 15 is 0 Å². The molecule has 0 saturated carbocycles. The van der Waals surface area contributed by atoms with Crippen LogP contribution in [-0.4, -0.2) is 9.55 Å². The van der Waals surface area contributed by atoms with Crippen LogP contribution in [0.5, 0.6) is 0 Å². The van der Waals surface area contributed by atoms with Crippen molar-refractivity contribution in [3.63, 3.8) is 0 Å². The number of rotatable bonds is 2. The largest absolute Gasteiger partial charge is 0.268 e. The Labute approximate surface area is 129 Å². The van der Waals surface area contributed by atoms with Crippen molar-refractivity contribution in [1.29, 1.82) is 0 Å². The highest BCUT2D eigenvalue weighted by atomic mass is 35.5. The number of hydrogen-bond acceptors (Lipinski definition) is 2.